The van der Waals surface area contributed by atoms with Gasteiger partial charge in [0.25, 0.3) is 5.91 Å². The Morgan fingerprint density at radius 3 is 2.25 bits per heavy atom. The summed E-state index contributed by atoms with van der Waals surface area (Å²) in [5, 5.41) is 2.70. The number of nitrogens with one attached hydrogen (secondary N) is 2. The number of para-hydroxylation sites is 1. The van der Waals surface area contributed by atoms with E-state index >= 15 is 0 Å². The number of ether oxygens (including phenoxy) is 1. The molecule has 6 nitrogen and oxygen atoms in total. The standard InChI is InChI=1S/C22H19F3N2O4S/c23-18-10-11-19(21(25)20(18)24)32(29,30)27-14-15-6-8-16(9-7-15)22(28)26-12-13-31-17-4-2-1-3-5-17/h1-11,27H,12-14H2,(H,26,28). The van der Waals surface area contributed by atoms with Crippen molar-refractivity contribution in [3.63, 3.8) is 0 Å². The van der Waals surface area contributed by atoms with E-state index in [0.717, 1.165) is 0 Å². The van der Waals surface area contributed by atoms with Crippen molar-refractivity contribution in [3.8, 4) is 5.75 Å². The van der Waals surface area contributed by atoms with Gasteiger partial charge < -0.3 is 10.1 Å². The Morgan fingerprint density at radius 1 is 0.875 bits per heavy atom. The van der Waals surface area contributed by atoms with Crippen molar-refractivity contribution >= 4 is 15.9 Å². The summed E-state index contributed by atoms with van der Waals surface area (Å²) in [7, 11) is -4.42. The topological polar surface area (TPSA) is 84.5 Å². The first kappa shape index (κ1) is 23.3. The molecule has 3 rings (SSSR count). The average molecular weight is 464 g/mol. The SMILES string of the molecule is O=C(NCCOc1ccccc1)c1ccc(CNS(=O)(=O)c2ccc(F)c(F)c2F)cc1. The van der Waals surface area contributed by atoms with E-state index < -0.39 is 32.4 Å². The second-order valence-corrected chi connectivity index (χ2v) is 8.35. The van der Waals surface area contributed by atoms with Crippen molar-refractivity contribution in [1.82, 2.24) is 10.0 Å². The van der Waals surface area contributed by atoms with Crippen LogP contribution in [-0.4, -0.2) is 27.5 Å². The van der Waals surface area contributed by atoms with Crippen LogP contribution in [0.25, 0.3) is 0 Å². The molecule has 0 aromatic heterocycles. The number of rotatable bonds is 9. The smallest absolute Gasteiger partial charge is 0.251 e. The third-order valence-electron chi connectivity index (χ3n) is 4.37. The van der Waals surface area contributed by atoms with Crippen LogP contribution in [0.3, 0.4) is 0 Å². The van der Waals surface area contributed by atoms with Gasteiger partial charge in [0.1, 0.15) is 17.3 Å². The zero-order chi connectivity index (χ0) is 23.1. The summed E-state index contributed by atoms with van der Waals surface area (Å²) in [5.41, 5.74) is 0.823. The summed E-state index contributed by atoms with van der Waals surface area (Å²) >= 11 is 0. The Balaban J connectivity index is 1.52. The lowest BCUT2D eigenvalue weighted by Crippen LogP contribution is -2.28. The number of carbonyl (C=O) groups is 1. The zero-order valence-electron chi connectivity index (χ0n) is 16.6. The van der Waals surface area contributed by atoms with Crippen molar-refractivity contribution in [1.29, 1.82) is 0 Å². The third kappa shape index (κ3) is 5.86. The maximum absolute atomic E-state index is 13.8. The predicted molar refractivity (Wildman–Crippen MR) is 111 cm³/mol. The van der Waals surface area contributed by atoms with Gasteiger partial charge in [-0.3, -0.25) is 4.79 Å². The van der Waals surface area contributed by atoms with Crippen LogP contribution < -0.4 is 14.8 Å². The summed E-state index contributed by atoms with van der Waals surface area (Å²) in [4.78, 5) is 11.2. The van der Waals surface area contributed by atoms with E-state index in [1.165, 1.54) is 24.3 Å². The first-order valence-corrected chi connectivity index (χ1v) is 10.9. The minimum Gasteiger partial charge on any atom is -0.492 e. The molecule has 10 heteroatoms. The molecule has 0 saturated heterocycles. The molecule has 0 heterocycles. The molecule has 3 aromatic carbocycles. The van der Waals surface area contributed by atoms with Crippen molar-refractivity contribution in [2.45, 2.75) is 11.4 Å². The fourth-order valence-electron chi connectivity index (χ4n) is 2.70. The summed E-state index contributed by atoms with van der Waals surface area (Å²) in [6.07, 6.45) is 0. The van der Waals surface area contributed by atoms with Gasteiger partial charge in [-0.1, -0.05) is 30.3 Å². The lowest BCUT2D eigenvalue weighted by atomic mass is 10.1. The van der Waals surface area contributed by atoms with E-state index in [4.69, 9.17) is 4.74 Å². The van der Waals surface area contributed by atoms with E-state index in [1.54, 1.807) is 12.1 Å². The highest BCUT2D eigenvalue weighted by molar-refractivity contribution is 7.89. The number of hydrogen-bond donors (Lipinski definition) is 2. The summed E-state index contributed by atoms with van der Waals surface area (Å²) in [6, 6.07) is 16.3. The number of halogens is 3. The predicted octanol–water partition coefficient (Wildman–Crippen LogP) is 3.39. The lowest BCUT2D eigenvalue weighted by molar-refractivity contribution is 0.0947. The van der Waals surface area contributed by atoms with Crippen LogP contribution in [-0.2, 0) is 16.6 Å². The fraction of sp³-hybridized carbons (Fsp3) is 0.136. The largest absolute Gasteiger partial charge is 0.492 e. The molecule has 168 valence electrons. The van der Waals surface area contributed by atoms with Crippen LogP contribution in [0, 0.1) is 17.5 Å². The number of benzene rings is 3. The van der Waals surface area contributed by atoms with Crippen LogP contribution in [0.2, 0.25) is 0 Å². The summed E-state index contributed by atoms with van der Waals surface area (Å²) < 4.78 is 72.1. The van der Waals surface area contributed by atoms with Gasteiger partial charge in [-0.05, 0) is 42.0 Å². The second-order valence-electron chi connectivity index (χ2n) is 6.61. The number of hydrogen-bond acceptors (Lipinski definition) is 4. The van der Waals surface area contributed by atoms with Gasteiger partial charge in [0.05, 0.1) is 6.54 Å². The number of amides is 1. The van der Waals surface area contributed by atoms with E-state index in [-0.39, 0.29) is 25.6 Å². The Bertz CT molecular complexity index is 1190. The maximum Gasteiger partial charge on any atom is 0.251 e. The monoisotopic (exact) mass is 464 g/mol. The van der Waals surface area contributed by atoms with E-state index in [9.17, 15) is 26.4 Å². The molecule has 0 bridgehead atoms. The first-order valence-electron chi connectivity index (χ1n) is 9.46. The van der Waals surface area contributed by atoms with Gasteiger partial charge in [-0.2, -0.15) is 0 Å². The van der Waals surface area contributed by atoms with Gasteiger partial charge >= 0.3 is 0 Å². The van der Waals surface area contributed by atoms with Crippen molar-refractivity contribution in [2.75, 3.05) is 13.2 Å². The molecule has 0 aliphatic heterocycles. The van der Waals surface area contributed by atoms with E-state index in [0.29, 0.717) is 29.0 Å². The van der Waals surface area contributed by atoms with Crippen molar-refractivity contribution in [3.05, 3.63) is 95.3 Å². The summed E-state index contributed by atoms with van der Waals surface area (Å²) in [5.74, 6) is -4.78. The summed E-state index contributed by atoms with van der Waals surface area (Å²) in [6.45, 7) is 0.332. The van der Waals surface area contributed by atoms with E-state index in [2.05, 4.69) is 10.0 Å². The molecule has 0 fully saturated rings. The van der Waals surface area contributed by atoms with Crippen LogP contribution in [0.4, 0.5) is 13.2 Å². The minimum absolute atomic E-state index is 0.242. The highest BCUT2D eigenvalue weighted by Gasteiger charge is 2.23. The molecule has 0 atom stereocenters. The molecular weight excluding hydrogens is 445 g/mol. The average Bonchev–Trinajstić information content (AvgIpc) is 2.80. The zero-order valence-corrected chi connectivity index (χ0v) is 17.5. The van der Waals surface area contributed by atoms with Crippen LogP contribution in [0.1, 0.15) is 15.9 Å². The van der Waals surface area contributed by atoms with Crippen molar-refractivity contribution in [2.24, 2.45) is 0 Å². The minimum atomic E-state index is -4.42. The highest BCUT2D eigenvalue weighted by Crippen LogP contribution is 2.20. The quantitative estimate of drug-likeness (QED) is 0.376. The highest BCUT2D eigenvalue weighted by atomic mass is 32.2. The van der Waals surface area contributed by atoms with Gasteiger partial charge in [-0.25, -0.2) is 26.3 Å². The molecule has 0 unspecified atom stereocenters. The number of sulfonamides is 1. The Morgan fingerprint density at radius 2 is 1.56 bits per heavy atom. The Labute approximate surface area is 183 Å². The second kappa shape index (κ2) is 10.3. The fourth-order valence-corrected chi connectivity index (χ4v) is 3.78. The molecule has 3 aromatic rings. The van der Waals surface area contributed by atoms with Crippen LogP contribution in [0.15, 0.2) is 71.6 Å². The number of carbonyl (C=O) groups excluding carboxylic acids is 1. The molecular formula is C22H19F3N2O4S. The molecule has 0 aliphatic carbocycles. The van der Waals surface area contributed by atoms with Crippen molar-refractivity contribution < 1.29 is 31.1 Å². The van der Waals surface area contributed by atoms with Crippen LogP contribution >= 0.6 is 0 Å². The third-order valence-corrected chi connectivity index (χ3v) is 5.79. The molecule has 0 spiro atoms. The van der Waals surface area contributed by atoms with Crippen LogP contribution in [0.5, 0.6) is 5.75 Å². The molecule has 32 heavy (non-hydrogen) atoms. The normalized spacial score (nSPS) is 11.2. The molecule has 1 amide bonds. The lowest BCUT2D eigenvalue weighted by Gasteiger charge is -2.10. The Kier molecular flexibility index (Phi) is 7.49. The first-order chi connectivity index (χ1) is 15.3. The Hall–Kier alpha value is -3.37. The van der Waals surface area contributed by atoms with Gasteiger partial charge in [0.15, 0.2) is 17.5 Å². The molecule has 0 saturated carbocycles. The molecule has 0 radical (unpaired) electrons. The van der Waals surface area contributed by atoms with Gasteiger partial charge in [0, 0.05) is 12.1 Å². The van der Waals surface area contributed by atoms with E-state index in [1.807, 2.05) is 18.2 Å². The van der Waals surface area contributed by atoms with Gasteiger partial charge in [0.2, 0.25) is 10.0 Å². The van der Waals surface area contributed by atoms with Gasteiger partial charge in [-0.15, -0.1) is 0 Å². The molecule has 0 aliphatic rings. The molecule has 2 N–H and O–H groups in total. The maximum atomic E-state index is 13.8.